The number of carbonyl (C=O) groups is 1. The number of carbonyl (C=O) groups excluding carboxylic acids is 1. The molecule has 5 rings (SSSR count). The van der Waals surface area contributed by atoms with Crippen molar-refractivity contribution in [2.45, 2.75) is 32.0 Å². The van der Waals surface area contributed by atoms with E-state index in [0.29, 0.717) is 24.8 Å². The number of hydrogen-bond donors (Lipinski definition) is 0. The molecule has 2 heterocycles. The first-order chi connectivity index (χ1) is 18.6. The van der Waals surface area contributed by atoms with E-state index < -0.39 is 0 Å². The molecule has 2 atom stereocenters. The highest BCUT2D eigenvalue weighted by molar-refractivity contribution is 5.76. The molecular formula is C31H32N2O5. The van der Waals surface area contributed by atoms with Gasteiger partial charge in [0.1, 0.15) is 11.4 Å². The predicted octanol–water partition coefficient (Wildman–Crippen LogP) is 5.91. The molecule has 0 amide bonds. The summed E-state index contributed by atoms with van der Waals surface area (Å²) < 4.78 is 22.9. The van der Waals surface area contributed by atoms with E-state index in [1.54, 1.807) is 14.0 Å². The molecule has 0 radical (unpaired) electrons. The summed E-state index contributed by atoms with van der Waals surface area (Å²) in [4.78, 5) is 19.1. The number of methoxy groups -OCH3 is 1. The fourth-order valence-electron chi connectivity index (χ4n) is 4.83. The fraction of sp³-hybridized carbons (Fsp3) is 0.290. The maximum atomic E-state index is 11.7. The van der Waals surface area contributed by atoms with Crippen molar-refractivity contribution in [2.75, 3.05) is 26.9 Å². The Morgan fingerprint density at radius 2 is 1.74 bits per heavy atom. The summed E-state index contributed by atoms with van der Waals surface area (Å²) in [6, 6.07) is 28.0. The SMILES string of the molecule is CCOC(=O)COc1cccc(CN2C[C@@H](OC)C[C@@H]2c2nc(-c3ccccc3)c(-c3ccccc3)o2)c1. The lowest BCUT2D eigenvalue weighted by Crippen LogP contribution is -2.25. The van der Waals surface area contributed by atoms with Crippen LogP contribution < -0.4 is 4.74 Å². The predicted molar refractivity (Wildman–Crippen MR) is 145 cm³/mol. The zero-order chi connectivity index (χ0) is 26.3. The minimum absolute atomic E-state index is 0.0519. The summed E-state index contributed by atoms with van der Waals surface area (Å²) in [5, 5.41) is 0. The van der Waals surface area contributed by atoms with Crippen LogP contribution in [0.5, 0.6) is 5.75 Å². The average Bonchev–Trinajstić information content (AvgIpc) is 3.58. The summed E-state index contributed by atoms with van der Waals surface area (Å²) in [6.45, 7) is 3.40. The number of likely N-dealkylation sites (tertiary alicyclic amines) is 1. The zero-order valence-corrected chi connectivity index (χ0v) is 21.7. The number of ether oxygens (including phenoxy) is 3. The van der Waals surface area contributed by atoms with E-state index in [4.69, 9.17) is 23.6 Å². The van der Waals surface area contributed by atoms with Crippen LogP contribution in [0, 0.1) is 0 Å². The quantitative estimate of drug-likeness (QED) is 0.245. The Labute approximate surface area is 223 Å². The van der Waals surface area contributed by atoms with Gasteiger partial charge >= 0.3 is 5.97 Å². The molecule has 1 fully saturated rings. The van der Waals surface area contributed by atoms with Gasteiger partial charge in [0.25, 0.3) is 0 Å². The van der Waals surface area contributed by atoms with Gasteiger partial charge in [-0.15, -0.1) is 0 Å². The first kappa shape index (κ1) is 25.7. The highest BCUT2D eigenvalue weighted by Crippen LogP contribution is 2.40. The van der Waals surface area contributed by atoms with E-state index >= 15 is 0 Å². The number of esters is 1. The van der Waals surface area contributed by atoms with Gasteiger partial charge in [-0.25, -0.2) is 9.78 Å². The van der Waals surface area contributed by atoms with Crippen LogP contribution in [-0.4, -0.2) is 48.8 Å². The molecule has 1 aliphatic rings. The van der Waals surface area contributed by atoms with Gasteiger partial charge in [-0.05, 0) is 31.0 Å². The Bertz CT molecular complexity index is 1280. The van der Waals surface area contributed by atoms with Crippen molar-refractivity contribution in [3.63, 3.8) is 0 Å². The lowest BCUT2D eigenvalue weighted by Gasteiger charge is -2.22. The molecule has 3 aromatic carbocycles. The molecule has 0 aliphatic carbocycles. The van der Waals surface area contributed by atoms with Gasteiger partial charge in [-0.2, -0.15) is 0 Å². The summed E-state index contributed by atoms with van der Waals surface area (Å²) in [7, 11) is 1.75. The number of nitrogens with zero attached hydrogens (tertiary/aromatic N) is 2. The molecule has 38 heavy (non-hydrogen) atoms. The zero-order valence-electron chi connectivity index (χ0n) is 21.7. The van der Waals surface area contributed by atoms with Crippen molar-refractivity contribution in [1.29, 1.82) is 0 Å². The molecule has 0 bridgehead atoms. The van der Waals surface area contributed by atoms with Crippen LogP contribution in [-0.2, 0) is 20.8 Å². The third-order valence-electron chi connectivity index (χ3n) is 6.66. The molecule has 196 valence electrons. The monoisotopic (exact) mass is 512 g/mol. The van der Waals surface area contributed by atoms with Crippen LogP contribution in [0.3, 0.4) is 0 Å². The number of hydrogen-bond acceptors (Lipinski definition) is 7. The largest absolute Gasteiger partial charge is 0.482 e. The maximum Gasteiger partial charge on any atom is 0.344 e. The van der Waals surface area contributed by atoms with Gasteiger partial charge in [-0.3, -0.25) is 4.90 Å². The van der Waals surface area contributed by atoms with Gasteiger partial charge in [-0.1, -0.05) is 72.8 Å². The summed E-state index contributed by atoms with van der Waals surface area (Å²) in [6.07, 6.45) is 0.842. The van der Waals surface area contributed by atoms with Crippen molar-refractivity contribution in [2.24, 2.45) is 0 Å². The van der Waals surface area contributed by atoms with Gasteiger partial charge in [0.05, 0.1) is 18.8 Å². The second-order valence-corrected chi connectivity index (χ2v) is 9.24. The van der Waals surface area contributed by atoms with E-state index in [1.165, 1.54) is 0 Å². The van der Waals surface area contributed by atoms with Crippen molar-refractivity contribution in [3.8, 4) is 28.3 Å². The lowest BCUT2D eigenvalue weighted by atomic mass is 10.1. The first-order valence-electron chi connectivity index (χ1n) is 12.9. The maximum absolute atomic E-state index is 11.7. The third-order valence-corrected chi connectivity index (χ3v) is 6.66. The smallest absolute Gasteiger partial charge is 0.344 e. The summed E-state index contributed by atoms with van der Waals surface area (Å²) in [5.74, 6) is 1.69. The Hall–Kier alpha value is -3.94. The topological polar surface area (TPSA) is 74.0 Å². The van der Waals surface area contributed by atoms with Crippen molar-refractivity contribution in [3.05, 3.63) is 96.4 Å². The lowest BCUT2D eigenvalue weighted by molar-refractivity contribution is -0.145. The molecule has 4 aromatic rings. The first-order valence-corrected chi connectivity index (χ1v) is 12.9. The van der Waals surface area contributed by atoms with Crippen molar-refractivity contribution in [1.82, 2.24) is 9.88 Å². The molecule has 7 nitrogen and oxygen atoms in total. The molecule has 1 saturated heterocycles. The van der Waals surface area contributed by atoms with Crippen molar-refractivity contribution < 1.29 is 23.4 Å². The number of rotatable bonds is 10. The van der Waals surface area contributed by atoms with Crippen LogP contribution in [0.15, 0.2) is 89.3 Å². The molecule has 1 aromatic heterocycles. The highest BCUT2D eigenvalue weighted by atomic mass is 16.6. The molecule has 0 N–H and O–H groups in total. The Morgan fingerprint density at radius 3 is 2.45 bits per heavy atom. The van der Waals surface area contributed by atoms with E-state index in [1.807, 2.05) is 66.7 Å². The Morgan fingerprint density at radius 1 is 1.00 bits per heavy atom. The van der Waals surface area contributed by atoms with Gasteiger partial charge in [0.2, 0.25) is 5.89 Å². The minimum Gasteiger partial charge on any atom is -0.482 e. The Balaban J connectivity index is 1.42. The molecule has 0 saturated carbocycles. The van der Waals surface area contributed by atoms with E-state index in [2.05, 4.69) is 23.1 Å². The van der Waals surface area contributed by atoms with E-state index in [9.17, 15) is 4.79 Å². The molecular weight excluding hydrogens is 480 g/mol. The summed E-state index contributed by atoms with van der Waals surface area (Å²) >= 11 is 0. The molecule has 0 spiro atoms. The van der Waals surface area contributed by atoms with Crippen LogP contribution in [0.2, 0.25) is 0 Å². The second-order valence-electron chi connectivity index (χ2n) is 9.24. The molecule has 0 unspecified atom stereocenters. The average molecular weight is 513 g/mol. The normalized spacial score (nSPS) is 17.4. The van der Waals surface area contributed by atoms with Crippen LogP contribution >= 0.6 is 0 Å². The highest BCUT2D eigenvalue weighted by Gasteiger charge is 2.37. The Kier molecular flexibility index (Phi) is 8.16. The third kappa shape index (κ3) is 5.96. The number of oxazole rings is 1. The number of aromatic nitrogens is 1. The molecule has 7 heteroatoms. The van der Waals surface area contributed by atoms with Gasteiger partial charge < -0.3 is 18.6 Å². The summed E-state index contributed by atoms with van der Waals surface area (Å²) in [5.41, 5.74) is 3.90. The minimum atomic E-state index is -0.382. The van der Waals surface area contributed by atoms with Crippen LogP contribution in [0.4, 0.5) is 0 Å². The van der Waals surface area contributed by atoms with Crippen molar-refractivity contribution >= 4 is 5.97 Å². The van der Waals surface area contributed by atoms with Crippen LogP contribution in [0.1, 0.15) is 30.8 Å². The fourth-order valence-corrected chi connectivity index (χ4v) is 4.83. The number of benzene rings is 3. The van der Waals surface area contributed by atoms with Gasteiger partial charge in [0, 0.05) is 31.3 Å². The standard InChI is InChI=1S/C31H32N2O5/c1-3-36-28(34)21-37-25-16-10-11-22(17-25)19-33-20-26(35-2)18-27(33)31-32-29(23-12-6-4-7-13-23)30(38-31)24-14-8-5-9-15-24/h4-17,26-27H,3,18-21H2,1-2H3/t26-,27+/m0/s1. The van der Waals surface area contributed by atoms with Gasteiger partial charge in [0.15, 0.2) is 12.4 Å². The van der Waals surface area contributed by atoms with Crippen LogP contribution in [0.25, 0.3) is 22.6 Å². The van der Waals surface area contributed by atoms with E-state index in [0.717, 1.165) is 41.1 Å². The molecule has 1 aliphatic heterocycles. The van der Waals surface area contributed by atoms with E-state index in [-0.39, 0.29) is 24.7 Å². The second kappa shape index (κ2) is 12.1.